The molecule has 0 saturated carbocycles. The van der Waals surface area contributed by atoms with E-state index < -0.39 is 24.5 Å². The number of rotatable bonds is 10. The minimum absolute atomic E-state index is 0.0842. The van der Waals surface area contributed by atoms with E-state index in [1.165, 1.54) is 6.07 Å². The van der Waals surface area contributed by atoms with Crippen molar-refractivity contribution in [3.05, 3.63) is 25.2 Å². The van der Waals surface area contributed by atoms with Crippen LogP contribution in [0, 0.1) is 5.92 Å². The predicted octanol–water partition coefficient (Wildman–Crippen LogP) is 3.84. The highest BCUT2D eigenvalue weighted by atomic mass is 79.9. The standard InChI is InChI=1S/C17H18BrNO7S2/c1-7(2)4-19-5-10-8(3-9(27-10)16(22)23)14-12(18)13(26-6-11(20)21)15(28-14)17(24)25/h3,7,19H,4-6H2,1-2H3,(H,20,21)(H,22,23)(H,24,25). The molecule has 0 aliphatic heterocycles. The quantitative estimate of drug-likeness (QED) is 0.393. The molecule has 0 atom stereocenters. The van der Waals surface area contributed by atoms with E-state index in [-0.39, 0.29) is 20.0 Å². The number of aliphatic carboxylic acids is 1. The first-order valence-corrected chi connectivity index (χ1v) is 10.5. The van der Waals surface area contributed by atoms with Crippen LogP contribution in [-0.4, -0.2) is 46.4 Å². The average Bonchev–Trinajstić information content (AvgIpc) is 3.14. The van der Waals surface area contributed by atoms with Gasteiger partial charge < -0.3 is 25.4 Å². The lowest BCUT2D eigenvalue weighted by Gasteiger charge is -2.08. The number of carboxylic acids is 3. The van der Waals surface area contributed by atoms with E-state index in [0.717, 1.165) is 34.1 Å². The van der Waals surface area contributed by atoms with Crippen LogP contribution in [0.5, 0.6) is 5.75 Å². The summed E-state index contributed by atoms with van der Waals surface area (Å²) < 4.78 is 5.44. The normalized spacial score (nSPS) is 11.0. The summed E-state index contributed by atoms with van der Waals surface area (Å²) in [5.74, 6) is -3.25. The van der Waals surface area contributed by atoms with Crippen LogP contribution in [0.4, 0.5) is 0 Å². The maximum absolute atomic E-state index is 11.6. The van der Waals surface area contributed by atoms with Crippen molar-refractivity contribution in [2.75, 3.05) is 13.2 Å². The van der Waals surface area contributed by atoms with Crippen molar-refractivity contribution >= 4 is 56.5 Å². The molecule has 2 aromatic heterocycles. The van der Waals surface area contributed by atoms with E-state index in [4.69, 9.17) is 9.84 Å². The van der Waals surface area contributed by atoms with Gasteiger partial charge in [-0.05, 0) is 34.5 Å². The second kappa shape index (κ2) is 9.50. The fourth-order valence-electron chi connectivity index (χ4n) is 2.30. The zero-order valence-electron chi connectivity index (χ0n) is 14.9. The smallest absolute Gasteiger partial charge is 0.349 e. The second-order valence-electron chi connectivity index (χ2n) is 6.17. The van der Waals surface area contributed by atoms with Gasteiger partial charge in [0.15, 0.2) is 17.2 Å². The molecule has 0 aromatic carbocycles. The summed E-state index contributed by atoms with van der Waals surface area (Å²) in [7, 11) is 0. The topological polar surface area (TPSA) is 133 Å². The lowest BCUT2D eigenvalue weighted by atomic mass is 10.2. The summed E-state index contributed by atoms with van der Waals surface area (Å²) >= 11 is 5.30. The lowest BCUT2D eigenvalue weighted by Crippen LogP contribution is -2.18. The number of thiophene rings is 2. The Kier molecular flexibility index (Phi) is 7.58. The minimum Gasteiger partial charge on any atom is -0.479 e. The summed E-state index contributed by atoms with van der Waals surface area (Å²) in [6, 6.07) is 1.49. The van der Waals surface area contributed by atoms with Crippen LogP contribution in [-0.2, 0) is 11.3 Å². The molecule has 0 spiro atoms. The Bertz CT molecular complexity index is 904. The number of halogens is 1. The zero-order chi connectivity index (χ0) is 21.0. The van der Waals surface area contributed by atoms with Crippen LogP contribution in [0.25, 0.3) is 10.4 Å². The molecule has 2 rings (SSSR count). The van der Waals surface area contributed by atoms with Gasteiger partial charge in [0.2, 0.25) is 0 Å². The number of hydrogen-bond acceptors (Lipinski definition) is 7. The van der Waals surface area contributed by atoms with E-state index in [1.54, 1.807) is 0 Å². The Morgan fingerprint density at radius 3 is 2.39 bits per heavy atom. The maximum Gasteiger partial charge on any atom is 0.349 e. The molecule has 0 radical (unpaired) electrons. The molecule has 2 aromatic rings. The van der Waals surface area contributed by atoms with Gasteiger partial charge in [-0.3, -0.25) is 0 Å². The van der Waals surface area contributed by atoms with E-state index in [2.05, 4.69) is 21.2 Å². The number of hydrogen-bond donors (Lipinski definition) is 4. The van der Waals surface area contributed by atoms with E-state index >= 15 is 0 Å². The molecular formula is C17H18BrNO7S2. The fourth-order valence-corrected chi connectivity index (χ4v) is 5.26. The third kappa shape index (κ3) is 5.31. The van der Waals surface area contributed by atoms with Crippen LogP contribution >= 0.6 is 38.6 Å². The Labute approximate surface area is 176 Å². The van der Waals surface area contributed by atoms with Gasteiger partial charge in [0, 0.05) is 17.0 Å². The van der Waals surface area contributed by atoms with Crippen molar-refractivity contribution in [2.45, 2.75) is 20.4 Å². The molecule has 8 nitrogen and oxygen atoms in total. The summed E-state index contributed by atoms with van der Waals surface area (Å²) in [4.78, 5) is 35.0. The first-order valence-electron chi connectivity index (χ1n) is 8.09. The molecular weight excluding hydrogens is 474 g/mol. The SMILES string of the molecule is CC(C)CNCc1sc(C(=O)O)cc1-c1sc(C(=O)O)c(OCC(=O)O)c1Br. The highest BCUT2D eigenvalue weighted by molar-refractivity contribution is 9.10. The monoisotopic (exact) mass is 491 g/mol. The second-order valence-corrected chi connectivity index (χ2v) is 9.12. The molecule has 0 aliphatic rings. The van der Waals surface area contributed by atoms with Crippen molar-refractivity contribution in [1.29, 1.82) is 0 Å². The largest absolute Gasteiger partial charge is 0.479 e. The van der Waals surface area contributed by atoms with E-state index in [0.29, 0.717) is 22.9 Å². The summed E-state index contributed by atoms with van der Waals surface area (Å²) in [6.45, 7) is 4.56. The Balaban J connectivity index is 2.50. The van der Waals surface area contributed by atoms with Gasteiger partial charge in [0.05, 0.1) is 9.35 Å². The molecule has 0 bridgehead atoms. The molecule has 0 saturated heterocycles. The molecule has 4 N–H and O–H groups in total. The van der Waals surface area contributed by atoms with Gasteiger partial charge in [-0.15, -0.1) is 22.7 Å². The van der Waals surface area contributed by atoms with Crippen molar-refractivity contribution < 1.29 is 34.4 Å². The molecule has 0 aliphatic carbocycles. The number of ether oxygens (including phenoxy) is 1. The highest BCUT2D eigenvalue weighted by Gasteiger charge is 2.27. The van der Waals surface area contributed by atoms with Gasteiger partial charge >= 0.3 is 17.9 Å². The molecule has 2 heterocycles. The van der Waals surface area contributed by atoms with Crippen LogP contribution in [0.15, 0.2) is 10.5 Å². The molecule has 0 fully saturated rings. The molecule has 0 amide bonds. The third-order valence-corrected chi connectivity index (χ3v) is 6.78. The first-order chi connectivity index (χ1) is 13.1. The van der Waals surface area contributed by atoms with Crippen molar-refractivity contribution in [2.24, 2.45) is 5.92 Å². The van der Waals surface area contributed by atoms with E-state index in [1.807, 2.05) is 13.8 Å². The van der Waals surface area contributed by atoms with Crippen molar-refractivity contribution in [3.8, 4) is 16.2 Å². The molecule has 11 heteroatoms. The summed E-state index contributed by atoms with van der Waals surface area (Å²) in [5.41, 5.74) is 0.572. The van der Waals surface area contributed by atoms with Gasteiger partial charge in [-0.25, -0.2) is 14.4 Å². The molecule has 152 valence electrons. The Morgan fingerprint density at radius 1 is 1.18 bits per heavy atom. The summed E-state index contributed by atoms with van der Waals surface area (Å²) in [5, 5.41) is 30.8. The Hall–Kier alpha value is -1.95. The third-order valence-electron chi connectivity index (χ3n) is 3.45. The minimum atomic E-state index is -1.26. The average molecular weight is 492 g/mol. The van der Waals surface area contributed by atoms with Gasteiger partial charge in [0.1, 0.15) is 4.88 Å². The zero-order valence-corrected chi connectivity index (χ0v) is 18.2. The van der Waals surface area contributed by atoms with Crippen LogP contribution in [0.1, 0.15) is 38.1 Å². The van der Waals surface area contributed by atoms with Crippen LogP contribution in [0.2, 0.25) is 0 Å². The first kappa shape index (κ1) is 22.3. The maximum atomic E-state index is 11.6. The fraction of sp³-hybridized carbons (Fsp3) is 0.353. The van der Waals surface area contributed by atoms with E-state index in [9.17, 15) is 24.6 Å². The van der Waals surface area contributed by atoms with Gasteiger partial charge in [-0.2, -0.15) is 0 Å². The van der Waals surface area contributed by atoms with Gasteiger partial charge in [0.25, 0.3) is 0 Å². The van der Waals surface area contributed by atoms with Crippen LogP contribution in [0.3, 0.4) is 0 Å². The predicted molar refractivity (Wildman–Crippen MR) is 109 cm³/mol. The van der Waals surface area contributed by atoms with Gasteiger partial charge in [-0.1, -0.05) is 13.8 Å². The number of nitrogens with one attached hydrogen (secondary N) is 1. The lowest BCUT2D eigenvalue weighted by molar-refractivity contribution is -0.139. The Morgan fingerprint density at radius 2 is 1.86 bits per heavy atom. The highest BCUT2D eigenvalue weighted by Crippen LogP contribution is 2.48. The number of aromatic carboxylic acids is 2. The number of carboxylic acid groups (broad SMARTS) is 3. The number of carbonyl (C=O) groups is 3. The van der Waals surface area contributed by atoms with Crippen molar-refractivity contribution in [3.63, 3.8) is 0 Å². The van der Waals surface area contributed by atoms with Crippen molar-refractivity contribution in [1.82, 2.24) is 5.32 Å². The summed E-state index contributed by atoms with van der Waals surface area (Å²) in [6.07, 6.45) is 0. The van der Waals surface area contributed by atoms with Crippen LogP contribution < -0.4 is 10.1 Å². The molecule has 28 heavy (non-hydrogen) atoms. The molecule has 0 unspecified atom stereocenters.